The Morgan fingerprint density at radius 2 is 1.70 bits per heavy atom. The van der Waals surface area contributed by atoms with Crippen LogP contribution in [0.2, 0.25) is 0 Å². The Labute approximate surface area is 220 Å². The number of carbonyl (C=O) groups excluding carboxylic acids is 3. The number of hydrogen-bond donors (Lipinski definition) is 1. The lowest BCUT2D eigenvalue weighted by atomic mass is 9.74. The lowest BCUT2D eigenvalue weighted by molar-refractivity contribution is -0.158. The first-order valence-electron chi connectivity index (χ1n) is 14.3. The Hall–Kier alpha value is -2.19. The van der Waals surface area contributed by atoms with Crippen LogP contribution in [-0.4, -0.2) is 93.1 Å². The molecule has 0 aromatic heterocycles. The van der Waals surface area contributed by atoms with E-state index in [2.05, 4.69) is 0 Å². The highest BCUT2D eigenvalue weighted by Crippen LogP contribution is 2.58. The second kappa shape index (κ2) is 9.84. The Kier molecular flexibility index (Phi) is 7.03. The summed E-state index contributed by atoms with van der Waals surface area (Å²) in [5.41, 5.74) is -2.25. The molecule has 0 radical (unpaired) electrons. The average Bonchev–Trinajstić information content (AvgIpc) is 3.14. The van der Waals surface area contributed by atoms with Crippen LogP contribution < -0.4 is 0 Å². The van der Waals surface area contributed by atoms with Gasteiger partial charge in [0.2, 0.25) is 17.7 Å². The number of likely N-dealkylation sites (tertiary alicyclic amines) is 1. The second-order valence-electron chi connectivity index (χ2n) is 12.1. The molecular weight excluding hydrogens is 470 g/mol. The van der Waals surface area contributed by atoms with Gasteiger partial charge in [0, 0.05) is 25.7 Å². The smallest absolute Gasteiger partial charge is 0.249 e. The predicted octanol–water partition coefficient (Wildman–Crippen LogP) is 2.51. The summed E-state index contributed by atoms with van der Waals surface area (Å²) in [6.07, 6.45) is 13.9. The number of nitrogens with zero attached hydrogens (tertiary/aromatic N) is 3. The fourth-order valence-electron chi connectivity index (χ4n) is 7.70. The minimum Gasteiger partial charge on any atom is -0.394 e. The van der Waals surface area contributed by atoms with Crippen molar-refractivity contribution in [1.29, 1.82) is 0 Å². The van der Waals surface area contributed by atoms with Gasteiger partial charge < -0.3 is 24.5 Å². The number of aliphatic hydroxyl groups excluding tert-OH is 1. The van der Waals surface area contributed by atoms with Crippen LogP contribution in [0.1, 0.15) is 66.2 Å². The van der Waals surface area contributed by atoms with E-state index < -0.39 is 35.1 Å². The molecule has 1 spiro atoms. The third-order valence-corrected chi connectivity index (χ3v) is 9.43. The molecule has 0 bridgehead atoms. The van der Waals surface area contributed by atoms with Crippen molar-refractivity contribution >= 4 is 17.7 Å². The number of fused-ring (bicyclic) bond motifs is 2. The Morgan fingerprint density at radius 3 is 2.35 bits per heavy atom. The number of hydrogen-bond acceptors (Lipinski definition) is 5. The van der Waals surface area contributed by atoms with E-state index in [-0.39, 0.29) is 36.3 Å². The minimum atomic E-state index is -1.26. The van der Waals surface area contributed by atoms with Crippen LogP contribution in [0.5, 0.6) is 0 Å². The summed E-state index contributed by atoms with van der Waals surface area (Å²) in [6.45, 7) is 9.14. The summed E-state index contributed by atoms with van der Waals surface area (Å²) in [6, 6.07) is -1.32. The highest BCUT2D eigenvalue weighted by molar-refractivity contribution is 6.00. The summed E-state index contributed by atoms with van der Waals surface area (Å²) >= 11 is 0. The number of amides is 3. The monoisotopic (exact) mass is 513 g/mol. The molecule has 4 aliphatic heterocycles. The van der Waals surface area contributed by atoms with Gasteiger partial charge in [-0.1, -0.05) is 64.3 Å². The quantitative estimate of drug-likeness (QED) is 0.552. The number of carbonyl (C=O) groups is 3. The van der Waals surface area contributed by atoms with Gasteiger partial charge in [-0.25, -0.2) is 0 Å². The van der Waals surface area contributed by atoms with Crippen molar-refractivity contribution in [3.8, 4) is 0 Å². The van der Waals surface area contributed by atoms with Crippen LogP contribution >= 0.6 is 0 Å². The molecule has 0 aromatic rings. The van der Waals surface area contributed by atoms with Gasteiger partial charge in [0.15, 0.2) is 0 Å². The Balaban J connectivity index is 1.64. The molecule has 2 saturated heterocycles. The van der Waals surface area contributed by atoms with Gasteiger partial charge in [0.25, 0.3) is 0 Å². The molecule has 1 N–H and O–H groups in total. The van der Waals surface area contributed by atoms with Crippen molar-refractivity contribution in [2.45, 2.75) is 95.5 Å². The van der Waals surface area contributed by atoms with Crippen LogP contribution in [0.4, 0.5) is 0 Å². The first kappa shape index (κ1) is 26.4. The van der Waals surface area contributed by atoms with Crippen LogP contribution in [0.15, 0.2) is 24.3 Å². The first-order chi connectivity index (χ1) is 17.7. The lowest BCUT2D eigenvalue weighted by Crippen LogP contribution is -2.60. The molecule has 8 heteroatoms. The van der Waals surface area contributed by atoms with Crippen molar-refractivity contribution in [3.63, 3.8) is 0 Å². The lowest BCUT2D eigenvalue weighted by Gasteiger charge is -2.43. The molecule has 1 aliphatic carbocycles. The third kappa shape index (κ3) is 3.97. The maximum atomic E-state index is 14.5. The van der Waals surface area contributed by atoms with Crippen molar-refractivity contribution in [2.24, 2.45) is 17.8 Å². The van der Waals surface area contributed by atoms with E-state index in [1.165, 1.54) is 6.42 Å². The second-order valence-corrected chi connectivity index (χ2v) is 12.1. The van der Waals surface area contributed by atoms with E-state index in [1.807, 2.05) is 61.8 Å². The van der Waals surface area contributed by atoms with Gasteiger partial charge in [-0.05, 0) is 32.1 Å². The molecular formula is C29H43N3O5. The largest absolute Gasteiger partial charge is 0.394 e. The van der Waals surface area contributed by atoms with Gasteiger partial charge in [-0.15, -0.1) is 0 Å². The summed E-state index contributed by atoms with van der Waals surface area (Å²) in [5, 5.41) is 10.4. The standard InChI is InChI=1S/C29H43N3O5/c1-5-15-30-16-9-13-28(4)22(25(30)34)23-26(35)32(21(18-33)19(2)3)24-27(36)31(20-11-7-6-8-12-20)17-10-14-29(23,24)37-28/h9-10,13-14,19-24,33H,5-8,11-12,15-18H2,1-4H3/t21-,22-,23-,24?,28+,29-/m0/s1. The maximum Gasteiger partial charge on any atom is 0.249 e. The predicted molar refractivity (Wildman–Crippen MR) is 139 cm³/mol. The van der Waals surface area contributed by atoms with Gasteiger partial charge in [-0.3, -0.25) is 14.4 Å². The minimum absolute atomic E-state index is 0.0688. The highest BCUT2D eigenvalue weighted by Gasteiger charge is 2.75. The fourth-order valence-corrected chi connectivity index (χ4v) is 7.70. The fraction of sp³-hybridized carbons (Fsp3) is 0.759. The molecule has 0 aromatic carbocycles. The highest BCUT2D eigenvalue weighted by atomic mass is 16.5. The van der Waals surface area contributed by atoms with Crippen LogP contribution in [-0.2, 0) is 19.1 Å². The molecule has 1 unspecified atom stereocenters. The van der Waals surface area contributed by atoms with Crippen molar-refractivity contribution < 1.29 is 24.2 Å². The molecule has 3 fully saturated rings. The van der Waals surface area contributed by atoms with Crippen LogP contribution in [0.25, 0.3) is 0 Å². The summed E-state index contributed by atoms with van der Waals surface area (Å²) in [4.78, 5) is 48.3. The van der Waals surface area contributed by atoms with Crippen molar-refractivity contribution in [2.75, 3.05) is 26.2 Å². The molecule has 37 heavy (non-hydrogen) atoms. The summed E-state index contributed by atoms with van der Waals surface area (Å²) in [7, 11) is 0. The zero-order valence-electron chi connectivity index (χ0n) is 22.8. The maximum absolute atomic E-state index is 14.5. The number of rotatable bonds is 6. The van der Waals surface area contributed by atoms with E-state index in [0.717, 1.165) is 32.1 Å². The molecule has 5 aliphatic rings. The number of aliphatic hydroxyl groups is 1. The molecule has 8 nitrogen and oxygen atoms in total. The molecule has 6 atom stereocenters. The molecule has 5 rings (SSSR count). The summed E-state index contributed by atoms with van der Waals surface area (Å²) in [5.74, 6) is -2.09. The first-order valence-corrected chi connectivity index (χ1v) is 14.3. The van der Waals surface area contributed by atoms with Gasteiger partial charge >= 0.3 is 0 Å². The molecule has 204 valence electrons. The normalized spacial score (nSPS) is 37.1. The number of ether oxygens (including phenoxy) is 1. The van der Waals surface area contributed by atoms with Crippen molar-refractivity contribution in [3.05, 3.63) is 24.3 Å². The van der Waals surface area contributed by atoms with Gasteiger partial charge in [0.05, 0.1) is 30.1 Å². The summed E-state index contributed by atoms with van der Waals surface area (Å²) < 4.78 is 6.89. The van der Waals surface area contributed by atoms with Crippen LogP contribution in [0, 0.1) is 17.8 Å². The Bertz CT molecular complexity index is 988. The SMILES string of the molecule is CCCN1CC=C[C@@]2(C)O[C@]34C=CCN(C5CCCCC5)C(=O)C3N([C@@H](CO)C(C)C)C(=O)[C@@H]4[C@H]2C1=O. The molecule has 3 amide bonds. The van der Waals surface area contributed by atoms with E-state index in [9.17, 15) is 19.5 Å². The zero-order valence-corrected chi connectivity index (χ0v) is 22.8. The van der Waals surface area contributed by atoms with E-state index in [4.69, 9.17) is 4.74 Å². The zero-order chi connectivity index (χ0) is 26.5. The van der Waals surface area contributed by atoms with E-state index >= 15 is 0 Å². The Morgan fingerprint density at radius 1 is 1.00 bits per heavy atom. The average molecular weight is 514 g/mol. The molecule has 1 saturated carbocycles. The topological polar surface area (TPSA) is 90.4 Å². The van der Waals surface area contributed by atoms with Crippen LogP contribution in [0.3, 0.4) is 0 Å². The third-order valence-electron chi connectivity index (χ3n) is 9.43. The van der Waals surface area contributed by atoms with Gasteiger partial charge in [-0.2, -0.15) is 0 Å². The van der Waals surface area contributed by atoms with Crippen molar-refractivity contribution in [1.82, 2.24) is 14.7 Å². The van der Waals surface area contributed by atoms with Gasteiger partial charge in [0.1, 0.15) is 11.6 Å². The van der Waals surface area contributed by atoms with E-state index in [0.29, 0.717) is 19.6 Å². The molecule has 4 heterocycles. The van der Waals surface area contributed by atoms with E-state index in [1.54, 1.807) is 4.90 Å².